The fourth-order valence-electron chi connectivity index (χ4n) is 4.44. The lowest BCUT2D eigenvalue weighted by Crippen LogP contribution is -2.80. The van der Waals surface area contributed by atoms with Gasteiger partial charge in [0.2, 0.25) is 5.91 Å². The SMILES string of the molecule is CCC(C(=O)NCc1ncccn1)N1C(=O)C2(CCCN2C(=O)OC(C)(C)C)C1C. The molecule has 3 atom stereocenters. The molecule has 9 heteroatoms. The summed E-state index contributed by atoms with van der Waals surface area (Å²) in [6, 6.07) is 0.824. The second-order valence-corrected chi connectivity index (χ2v) is 8.86. The van der Waals surface area contributed by atoms with E-state index in [9.17, 15) is 14.4 Å². The predicted molar refractivity (Wildman–Crippen MR) is 109 cm³/mol. The van der Waals surface area contributed by atoms with Gasteiger partial charge < -0.3 is 15.0 Å². The summed E-state index contributed by atoms with van der Waals surface area (Å²) in [4.78, 5) is 50.2. The van der Waals surface area contributed by atoms with Crippen LogP contribution in [0.5, 0.6) is 0 Å². The van der Waals surface area contributed by atoms with Gasteiger partial charge in [-0.1, -0.05) is 6.92 Å². The van der Waals surface area contributed by atoms with E-state index >= 15 is 0 Å². The predicted octanol–water partition coefficient (Wildman–Crippen LogP) is 1.87. The second kappa shape index (κ2) is 8.20. The lowest BCUT2D eigenvalue weighted by atomic mass is 9.76. The average Bonchev–Trinajstić information content (AvgIpc) is 3.17. The van der Waals surface area contributed by atoms with Gasteiger partial charge in [0, 0.05) is 18.9 Å². The molecule has 3 amide bonds. The minimum atomic E-state index is -0.918. The highest BCUT2D eigenvalue weighted by atomic mass is 16.6. The molecule has 164 valence electrons. The summed E-state index contributed by atoms with van der Waals surface area (Å²) in [6.07, 6.45) is 4.54. The molecule has 3 unspecified atom stereocenters. The molecule has 0 saturated carbocycles. The van der Waals surface area contributed by atoms with Gasteiger partial charge in [-0.15, -0.1) is 0 Å². The molecule has 1 spiro atoms. The van der Waals surface area contributed by atoms with Crippen molar-refractivity contribution in [1.29, 1.82) is 0 Å². The van der Waals surface area contributed by atoms with Crippen molar-refractivity contribution >= 4 is 17.9 Å². The molecule has 2 aliphatic rings. The number of aromatic nitrogens is 2. The van der Waals surface area contributed by atoms with Crippen molar-refractivity contribution in [2.45, 2.75) is 83.6 Å². The van der Waals surface area contributed by atoms with E-state index in [1.165, 1.54) is 0 Å². The standard InChI is InChI=1S/C21H31N5O4/c1-6-15(17(27)24-13-16-22-10-8-11-23-16)26-14(2)21(18(26)28)9-7-12-25(21)19(29)30-20(3,4)5/h8,10-11,14-15H,6-7,9,12-13H2,1-5H3,(H,24,27). The van der Waals surface area contributed by atoms with Crippen molar-refractivity contribution in [3.63, 3.8) is 0 Å². The number of carbonyl (C=O) groups is 3. The number of rotatable bonds is 5. The summed E-state index contributed by atoms with van der Waals surface area (Å²) in [5.41, 5.74) is -1.56. The van der Waals surface area contributed by atoms with Crippen LogP contribution < -0.4 is 5.32 Å². The van der Waals surface area contributed by atoms with E-state index in [1.807, 2.05) is 13.8 Å². The maximum absolute atomic E-state index is 13.3. The zero-order valence-corrected chi connectivity index (χ0v) is 18.3. The van der Waals surface area contributed by atoms with Crippen LogP contribution in [0.1, 0.15) is 59.7 Å². The maximum atomic E-state index is 13.3. The Bertz CT molecular complexity index is 809. The first-order chi connectivity index (χ1) is 14.1. The van der Waals surface area contributed by atoms with Crippen LogP contribution >= 0.6 is 0 Å². The minimum absolute atomic E-state index is 0.184. The number of hydrogen-bond acceptors (Lipinski definition) is 6. The number of amides is 3. The summed E-state index contributed by atoms with van der Waals surface area (Å²) in [5.74, 6) is 0.0742. The lowest BCUT2D eigenvalue weighted by Gasteiger charge is -2.58. The Morgan fingerprint density at radius 3 is 2.57 bits per heavy atom. The van der Waals surface area contributed by atoms with Crippen molar-refractivity contribution in [2.75, 3.05) is 6.54 Å². The molecule has 3 heterocycles. The first-order valence-corrected chi connectivity index (χ1v) is 10.5. The van der Waals surface area contributed by atoms with Crippen molar-refractivity contribution < 1.29 is 19.1 Å². The van der Waals surface area contributed by atoms with E-state index in [1.54, 1.807) is 49.0 Å². The summed E-state index contributed by atoms with van der Waals surface area (Å²) >= 11 is 0. The largest absolute Gasteiger partial charge is 0.444 e. The van der Waals surface area contributed by atoms with E-state index in [0.717, 1.165) is 6.42 Å². The Kier molecular flexibility index (Phi) is 6.01. The third-order valence-electron chi connectivity index (χ3n) is 5.81. The molecule has 2 aliphatic heterocycles. The first-order valence-electron chi connectivity index (χ1n) is 10.5. The second-order valence-electron chi connectivity index (χ2n) is 8.86. The van der Waals surface area contributed by atoms with Gasteiger partial charge in [0.1, 0.15) is 23.0 Å². The normalized spacial score (nSPS) is 24.6. The molecule has 1 aromatic heterocycles. The Morgan fingerprint density at radius 2 is 2.00 bits per heavy atom. The Balaban J connectivity index is 1.71. The number of likely N-dealkylation sites (tertiary alicyclic amines) is 2. The van der Waals surface area contributed by atoms with Crippen LogP contribution in [-0.4, -0.2) is 67.4 Å². The van der Waals surface area contributed by atoms with Gasteiger partial charge in [0.25, 0.3) is 5.91 Å². The summed E-state index contributed by atoms with van der Waals surface area (Å²) in [7, 11) is 0. The molecule has 9 nitrogen and oxygen atoms in total. The van der Waals surface area contributed by atoms with Crippen molar-refractivity contribution in [2.24, 2.45) is 0 Å². The van der Waals surface area contributed by atoms with E-state index in [2.05, 4.69) is 15.3 Å². The third kappa shape index (κ3) is 3.85. The Labute approximate surface area is 177 Å². The highest BCUT2D eigenvalue weighted by Gasteiger charge is 2.67. The monoisotopic (exact) mass is 417 g/mol. The van der Waals surface area contributed by atoms with Crippen LogP contribution in [0.2, 0.25) is 0 Å². The van der Waals surface area contributed by atoms with Gasteiger partial charge in [-0.05, 0) is 53.0 Å². The van der Waals surface area contributed by atoms with Crippen LogP contribution in [0.15, 0.2) is 18.5 Å². The molecular formula is C21H31N5O4. The van der Waals surface area contributed by atoms with Crippen LogP contribution in [0.25, 0.3) is 0 Å². The van der Waals surface area contributed by atoms with Crippen LogP contribution in [0.4, 0.5) is 4.79 Å². The smallest absolute Gasteiger partial charge is 0.411 e. The van der Waals surface area contributed by atoms with Gasteiger partial charge in [-0.25, -0.2) is 14.8 Å². The van der Waals surface area contributed by atoms with Crippen LogP contribution in [0.3, 0.4) is 0 Å². The van der Waals surface area contributed by atoms with Crippen LogP contribution in [-0.2, 0) is 20.9 Å². The molecule has 1 aromatic rings. The molecule has 2 saturated heterocycles. The third-order valence-corrected chi connectivity index (χ3v) is 5.81. The molecule has 0 aromatic carbocycles. The molecule has 30 heavy (non-hydrogen) atoms. The average molecular weight is 418 g/mol. The number of nitrogens with one attached hydrogen (secondary N) is 1. The van der Waals surface area contributed by atoms with Gasteiger partial charge in [-0.3, -0.25) is 14.5 Å². The maximum Gasteiger partial charge on any atom is 0.411 e. The molecule has 0 bridgehead atoms. The molecule has 0 aliphatic carbocycles. The summed E-state index contributed by atoms with van der Waals surface area (Å²) < 4.78 is 5.53. The fourth-order valence-corrected chi connectivity index (χ4v) is 4.44. The van der Waals surface area contributed by atoms with E-state index in [-0.39, 0.29) is 24.4 Å². The highest BCUT2D eigenvalue weighted by molar-refractivity contribution is 6.00. The lowest BCUT2D eigenvalue weighted by molar-refractivity contribution is -0.178. The van der Waals surface area contributed by atoms with Crippen LogP contribution in [0, 0.1) is 0 Å². The zero-order valence-electron chi connectivity index (χ0n) is 18.3. The van der Waals surface area contributed by atoms with Gasteiger partial charge in [0.15, 0.2) is 0 Å². The Morgan fingerprint density at radius 1 is 1.33 bits per heavy atom. The molecule has 3 rings (SSSR count). The minimum Gasteiger partial charge on any atom is -0.444 e. The van der Waals surface area contributed by atoms with Gasteiger partial charge >= 0.3 is 6.09 Å². The number of hydrogen-bond donors (Lipinski definition) is 1. The topological polar surface area (TPSA) is 105 Å². The fraction of sp³-hybridized carbons (Fsp3) is 0.667. The van der Waals surface area contributed by atoms with Crippen molar-refractivity contribution in [3.05, 3.63) is 24.3 Å². The zero-order chi connectivity index (χ0) is 22.1. The van der Waals surface area contributed by atoms with Gasteiger partial charge in [-0.2, -0.15) is 0 Å². The van der Waals surface area contributed by atoms with Gasteiger partial charge in [0.05, 0.1) is 12.6 Å². The number of nitrogens with zero attached hydrogens (tertiary/aromatic N) is 4. The van der Waals surface area contributed by atoms with Crippen molar-refractivity contribution in [1.82, 2.24) is 25.1 Å². The van der Waals surface area contributed by atoms with Crippen molar-refractivity contribution in [3.8, 4) is 0 Å². The molecule has 0 radical (unpaired) electrons. The molecular weight excluding hydrogens is 386 g/mol. The summed E-state index contributed by atoms with van der Waals surface area (Å²) in [6.45, 7) is 9.86. The van der Waals surface area contributed by atoms with E-state index in [4.69, 9.17) is 4.74 Å². The number of ether oxygens (including phenoxy) is 1. The summed E-state index contributed by atoms with van der Waals surface area (Å²) in [5, 5.41) is 2.82. The quantitative estimate of drug-likeness (QED) is 0.734. The Hall–Kier alpha value is -2.71. The molecule has 1 N–H and O–H groups in total. The first kappa shape index (κ1) is 22.0. The molecule has 2 fully saturated rings. The highest BCUT2D eigenvalue weighted by Crippen LogP contribution is 2.46. The number of carbonyl (C=O) groups excluding carboxylic acids is 3. The number of β-lactam (4-membered cyclic amide) rings is 1. The van der Waals surface area contributed by atoms with E-state index in [0.29, 0.717) is 25.2 Å². The van der Waals surface area contributed by atoms with E-state index < -0.39 is 23.3 Å².